The molecule has 0 saturated carbocycles. The van der Waals surface area contributed by atoms with Gasteiger partial charge in [-0.05, 0) is 52.5 Å². The zero-order chi connectivity index (χ0) is 11.3. The first-order chi connectivity index (χ1) is 7.19. The Labute approximate surface area is 104 Å². The van der Waals surface area contributed by atoms with Crippen LogP contribution in [-0.2, 0) is 0 Å². The van der Waals surface area contributed by atoms with Gasteiger partial charge in [-0.25, -0.2) is 0 Å². The Bertz CT molecular complexity index is 361. The van der Waals surface area contributed by atoms with E-state index < -0.39 is 0 Å². The summed E-state index contributed by atoms with van der Waals surface area (Å²) < 4.78 is 6.15. The van der Waals surface area contributed by atoms with Crippen LogP contribution in [0.25, 0.3) is 5.57 Å². The standard InChI is InChI=1S/C12H14BrClO/c1-9(4-3-7-14)10-5-6-12(15-2)11(13)8-10/h4-6,8H,3,7H2,1-2H3/b9-4+. The van der Waals surface area contributed by atoms with Crippen molar-refractivity contribution >= 4 is 33.1 Å². The highest BCUT2D eigenvalue weighted by molar-refractivity contribution is 9.10. The summed E-state index contributed by atoms with van der Waals surface area (Å²) in [4.78, 5) is 0. The van der Waals surface area contributed by atoms with Gasteiger partial charge in [-0.3, -0.25) is 0 Å². The molecule has 0 heterocycles. The van der Waals surface area contributed by atoms with Crippen LogP contribution in [0.4, 0.5) is 0 Å². The molecule has 0 radical (unpaired) electrons. The predicted molar refractivity (Wildman–Crippen MR) is 69.7 cm³/mol. The van der Waals surface area contributed by atoms with Crippen molar-refractivity contribution in [1.29, 1.82) is 0 Å². The number of rotatable bonds is 4. The van der Waals surface area contributed by atoms with Gasteiger partial charge in [0, 0.05) is 5.88 Å². The number of benzene rings is 1. The fourth-order valence-electron chi connectivity index (χ4n) is 1.30. The summed E-state index contributed by atoms with van der Waals surface area (Å²) in [6.45, 7) is 2.08. The lowest BCUT2D eigenvalue weighted by atomic mass is 10.1. The lowest BCUT2D eigenvalue weighted by Crippen LogP contribution is -1.86. The molecule has 3 heteroatoms. The Balaban J connectivity index is 2.92. The lowest BCUT2D eigenvalue weighted by molar-refractivity contribution is 0.412. The molecular weight excluding hydrogens is 275 g/mol. The van der Waals surface area contributed by atoms with E-state index in [1.807, 2.05) is 12.1 Å². The normalized spacial score (nSPS) is 11.6. The molecule has 0 aliphatic rings. The first-order valence-electron chi connectivity index (χ1n) is 4.75. The van der Waals surface area contributed by atoms with E-state index in [0.717, 1.165) is 16.6 Å². The Morgan fingerprint density at radius 1 is 1.53 bits per heavy atom. The molecule has 0 fully saturated rings. The molecule has 0 atom stereocenters. The summed E-state index contributed by atoms with van der Waals surface area (Å²) in [5.74, 6) is 1.51. The van der Waals surface area contributed by atoms with Crippen molar-refractivity contribution in [2.24, 2.45) is 0 Å². The Hall–Kier alpha value is -0.470. The monoisotopic (exact) mass is 288 g/mol. The lowest BCUT2D eigenvalue weighted by Gasteiger charge is -2.06. The van der Waals surface area contributed by atoms with Gasteiger partial charge in [0.2, 0.25) is 0 Å². The molecule has 0 unspecified atom stereocenters. The van der Waals surface area contributed by atoms with Gasteiger partial charge >= 0.3 is 0 Å². The number of hydrogen-bond donors (Lipinski definition) is 0. The van der Waals surface area contributed by atoms with Crippen LogP contribution in [0.5, 0.6) is 5.75 Å². The molecule has 15 heavy (non-hydrogen) atoms. The summed E-state index contributed by atoms with van der Waals surface area (Å²) in [6.07, 6.45) is 3.04. The summed E-state index contributed by atoms with van der Waals surface area (Å²) >= 11 is 9.10. The fourth-order valence-corrected chi connectivity index (χ4v) is 1.95. The molecular formula is C12H14BrClO. The minimum Gasteiger partial charge on any atom is -0.496 e. The molecule has 0 aliphatic heterocycles. The Morgan fingerprint density at radius 3 is 2.80 bits per heavy atom. The number of alkyl halides is 1. The average molecular weight is 290 g/mol. The summed E-state index contributed by atoms with van der Waals surface area (Å²) in [6, 6.07) is 6.06. The van der Waals surface area contributed by atoms with Crippen molar-refractivity contribution in [3.8, 4) is 5.75 Å². The van der Waals surface area contributed by atoms with Crippen LogP contribution in [0.2, 0.25) is 0 Å². The van der Waals surface area contributed by atoms with E-state index in [-0.39, 0.29) is 0 Å². The topological polar surface area (TPSA) is 9.23 Å². The second kappa shape index (κ2) is 6.19. The molecule has 1 aromatic rings. The van der Waals surface area contributed by atoms with Crippen molar-refractivity contribution in [2.75, 3.05) is 13.0 Å². The number of ether oxygens (including phenoxy) is 1. The van der Waals surface area contributed by atoms with Crippen LogP contribution < -0.4 is 4.74 Å². The highest BCUT2D eigenvalue weighted by Crippen LogP contribution is 2.28. The van der Waals surface area contributed by atoms with Gasteiger partial charge in [-0.1, -0.05) is 12.1 Å². The predicted octanol–water partition coefficient (Wildman–Crippen LogP) is 4.49. The third-order valence-electron chi connectivity index (χ3n) is 2.17. The maximum absolute atomic E-state index is 5.64. The van der Waals surface area contributed by atoms with E-state index in [9.17, 15) is 0 Å². The zero-order valence-corrected chi connectivity index (χ0v) is 11.2. The fraction of sp³-hybridized carbons (Fsp3) is 0.333. The third-order valence-corrected chi connectivity index (χ3v) is 3.00. The molecule has 1 rings (SSSR count). The molecule has 0 aliphatic carbocycles. The summed E-state index contributed by atoms with van der Waals surface area (Å²) in [5, 5.41) is 0. The number of methoxy groups -OCH3 is 1. The van der Waals surface area contributed by atoms with Crippen LogP contribution >= 0.6 is 27.5 Å². The highest BCUT2D eigenvalue weighted by atomic mass is 79.9. The highest BCUT2D eigenvalue weighted by Gasteiger charge is 2.02. The molecule has 82 valence electrons. The van der Waals surface area contributed by atoms with E-state index in [4.69, 9.17) is 16.3 Å². The van der Waals surface area contributed by atoms with Crippen LogP contribution in [0.15, 0.2) is 28.7 Å². The van der Waals surface area contributed by atoms with E-state index in [2.05, 4.69) is 35.0 Å². The van der Waals surface area contributed by atoms with Gasteiger partial charge in [0.15, 0.2) is 0 Å². The molecule has 0 amide bonds. The summed E-state index contributed by atoms with van der Waals surface area (Å²) in [5.41, 5.74) is 2.42. The summed E-state index contributed by atoms with van der Waals surface area (Å²) in [7, 11) is 1.66. The quantitative estimate of drug-likeness (QED) is 0.742. The van der Waals surface area contributed by atoms with Gasteiger partial charge in [-0.15, -0.1) is 11.6 Å². The van der Waals surface area contributed by atoms with Gasteiger partial charge in [0.05, 0.1) is 11.6 Å². The first kappa shape index (κ1) is 12.6. The van der Waals surface area contributed by atoms with E-state index in [1.165, 1.54) is 11.1 Å². The van der Waals surface area contributed by atoms with E-state index in [0.29, 0.717) is 5.88 Å². The van der Waals surface area contributed by atoms with E-state index in [1.54, 1.807) is 7.11 Å². The largest absolute Gasteiger partial charge is 0.496 e. The van der Waals surface area contributed by atoms with Gasteiger partial charge in [0.25, 0.3) is 0 Å². The molecule has 0 bridgehead atoms. The maximum atomic E-state index is 5.64. The van der Waals surface area contributed by atoms with Gasteiger partial charge in [0.1, 0.15) is 5.75 Å². The SMILES string of the molecule is COc1ccc(/C(C)=C/CCCl)cc1Br. The Morgan fingerprint density at radius 2 is 2.27 bits per heavy atom. The van der Waals surface area contributed by atoms with Gasteiger partial charge in [-0.2, -0.15) is 0 Å². The molecule has 0 aromatic heterocycles. The molecule has 1 nitrogen and oxygen atoms in total. The zero-order valence-electron chi connectivity index (χ0n) is 8.89. The molecule has 0 saturated heterocycles. The third kappa shape index (κ3) is 3.54. The van der Waals surface area contributed by atoms with Crippen LogP contribution in [0, 0.1) is 0 Å². The van der Waals surface area contributed by atoms with Crippen molar-refractivity contribution < 1.29 is 4.74 Å². The minimum absolute atomic E-state index is 0.661. The van der Waals surface area contributed by atoms with Crippen molar-refractivity contribution in [3.05, 3.63) is 34.3 Å². The van der Waals surface area contributed by atoms with E-state index >= 15 is 0 Å². The second-order valence-corrected chi connectivity index (χ2v) is 4.45. The molecule has 0 N–H and O–H groups in total. The smallest absolute Gasteiger partial charge is 0.133 e. The molecule has 0 spiro atoms. The number of halogens is 2. The number of hydrogen-bond acceptors (Lipinski definition) is 1. The van der Waals surface area contributed by atoms with Crippen LogP contribution in [0.1, 0.15) is 18.9 Å². The average Bonchev–Trinajstić information content (AvgIpc) is 2.25. The van der Waals surface area contributed by atoms with Crippen LogP contribution in [0.3, 0.4) is 0 Å². The van der Waals surface area contributed by atoms with Crippen LogP contribution in [-0.4, -0.2) is 13.0 Å². The van der Waals surface area contributed by atoms with Gasteiger partial charge < -0.3 is 4.74 Å². The Kier molecular flexibility index (Phi) is 5.20. The maximum Gasteiger partial charge on any atom is 0.133 e. The van der Waals surface area contributed by atoms with Crippen molar-refractivity contribution in [2.45, 2.75) is 13.3 Å². The van der Waals surface area contributed by atoms with Crippen molar-refractivity contribution in [3.63, 3.8) is 0 Å². The molecule has 1 aromatic carbocycles. The second-order valence-electron chi connectivity index (χ2n) is 3.21. The minimum atomic E-state index is 0.661. The first-order valence-corrected chi connectivity index (χ1v) is 6.08. The van der Waals surface area contributed by atoms with Crippen molar-refractivity contribution in [1.82, 2.24) is 0 Å². The number of allylic oxidation sites excluding steroid dienone is 2.